The average molecular weight is 299 g/mol. The normalized spacial score (nSPS) is 25.4. The van der Waals surface area contributed by atoms with Gasteiger partial charge in [-0.05, 0) is 45.4 Å². The number of carbonyl (C=O) groups excluding carboxylic acids is 1. The first kappa shape index (κ1) is 18.2. The van der Waals surface area contributed by atoms with Crippen LogP contribution in [-0.2, 0) is 0 Å². The Hall–Kier alpha value is -0.810. The molecule has 2 amide bonds. The van der Waals surface area contributed by atoms with Crippen molar-refractivity contribution in [3.63, 3.8) is 0 Å². The largest absolute Gasteiger partial charge is 0.393 e. The Morgan fingerprint density at radius 3 is 2.38 bits per heavy atom. The number of hydrogen-bond donors (Lipinski definition) is 3. The van der Waals surface area contributed by atoms with Crippen molar-refractivity contribution in [2.24, 2.45) is 11.8 Å². The van der Waals surface area contributed by atoms with Gasteiger partial charge >= 0.3 is 6.03 Å². The number of nitrogens with zero attached hydrogens (tertiary/aromatic N) is 1. The average Bonchev–Trinajstić information content (AvgIpc) is 2.35. The van der Waals surface area contributed by atoms with Gasteiger partial charge in [-0.3, -0.25) is 4.90 Å². The number of aliphatic hydroxyl groups excluding tert-OH is 1. The highest BCUT2D eigenvalue weighted by atomic mass is 16.3. The summed E-state index contributed by atoms with van der Waals surface area (Å²) in [4.78, 5) is 14.2. The highest BCUT2D eigenvalue weighted by molar-refractivity contribution is 5.73. The van der Waals surface area contributed by atoms with Crippen LogP contribution >= 0.6 is 0 Å². The molecular weight excluding hydrogens is 266 g/mol. The smallest absolute Gasteiger partial charge is 0.314 e. The molecule has 0 aliphatic carbocycles. The molecule has 124 valence electrons. The predicted molar refractivity (Wildman–Crippen MR) is 86.3 cm³/mol. The SMILES string of the molecule is CC(O)CCNC(=O)NCC(C)(C)N1CC(C)CC(C)C1. The highest BCUT2D eigenvalue weighted by Crippen LogP contribution is 2.26. The summed E-state index contributed by atoms with van der Waals surface area (Å²) in [5.74, 6) is 1.43. The molecule has 5 nitrogen and oxygen atoms in total. The van der Waals surface area contributed by atoms with Crippen molar-refractivity contribution in [3.05, 3.63) is 0 Å². The molecule has 3 N–H and O–H groups in total. The van der Waals surface area contributed by atoms with Gasteiger partial charge in [-0.15, -0.1) is 0 Å². The van der Waals surface area contributed by atoms with Gasteiger partial charge in [-0.25, -0.2) is 4.79 Å². The number of piperidine rings is 1. The van der Waals surface area contributed by atoms with E-state index in [2.05, 4.69) is 43.2 Å². The molecule has 3 unspecified atom stereocenters. The van der Waals surface area contributed by atoms with Gasteiger partial charge < -0.3 is 15.7 Å². The van der Waals surface area contributed by atoms with Crippen molar-refractivity contribution in [2.75, 3.05) is 26.2 Å². The molecule has 0 bridgehead atoms. The van der Waals surface area contributed by atoms with E-state index in [0.29, 0.717) is 31.3 Å². The number of carbonyl (C=O) groups is 1. The van der Waals surface area contributed by atoms with E-state index in [-0.39, 0.29) is 17.7 Å². The van der Waals surface area contributed by atoms with Crippen LogP contribution in [0.25, 0.3) is 0 Å². The van der Waals surface area contributed by atoms with Crippen molar-refractivity contribution in [1.82, 2.24) is 15.5 Å². The molecule has 5 heteroatoms. The summed E-state index contributed by atoms with van der Waals surface area (Å²) in [6.45, 7) is 14.0. The number of urea groups is 1. The van der Waals surface area contributed by atoms with Crippen LogP contribution in [0.5, 0.6) is 0 Å². The summed E-state index contributed by atoms with van der Waals surface area (Å²) in [6.07, 6.45) is 1.50. The third-order valence-corrected chi connectivity index (χ3v) is 4.25. The molecule has 0 aromatic heterocycles. The fourth-order valence-corrected chi connectivity index (χ4v) is 3.02. The lowest BCUT2D eigenvalue weighted by Crippen LogP contribution is -2.57. The molecule has 0 saturated carbocycles. The van der Waals surface area contributed by atoms with Gasteiger partial charge in [-0.2, -0.15) is 0 Å². The molecule has 1 saturated heterocycles. The molecule has 1 rings (SSSR count). The van der Waals surface area contributed by atoms with E-state index < -0.39 is 0 Å². The highest BCUT2D eigenvalue weighted by Gasteiger charge is 2.32. The van der Waals surface area contributed by atoms with Crippen molar-refractivity contribution >= 4 is 6.03 Å². The van der Waals surface area contributed by atoms with E-state index in [9.17, 15) is 4.79 Å². The van der Waals surface area contributed by atoms with Crippen LogP contribution in [0.2, 0.25) is 0 Å². The third kappa shape index (κ3) is 6.66. The first-order chi connectivity index (χ1) is 9.70. The Bertz CT molecular complexity index is 321. The topological polar surface area (TPSA) is 64.6 Å². The zero-order valence-corrected chi connectivity index (χ0v) is 14.3. The van der Waals surface area contributed by atoms with Gasteiger partial charge in [-0.1, -0.05) is 13.8 Å². The van der Waals surface area contributed by atoms with E-state index in [1.165, 1.54) is 6.42 Å². The Morgan fingerprint density at radius 1 is 1.29 bits per heavy atom. The standard InChI is InChI=1S/C16H33N3O2/c1-12-8-13(2)10-19(9-12)16(4,5)11-18-15(21)17-7-6-14(3)20/h12-14,20H,6-11H2,1-5H3,(H2,17,18,21). The molecule has 1 heterocycles. The number of amides is 2. The Kier molecular flexibility index (Phi) is 6.94. The molecule has 1 fully saturated rings. The monoisotopic (exact) mass is 299 g/mol. The molecule has 0 spiro atoms. The second kappa shape index (κ2) is 7.99. The summed E-state index contributed by atoms with van der Waals surface area (Å²) in [7, 11) is 0. The van der Waals surface area contributed by atoms with Crippen molar-refractivity contribution < 1.29 is 9.90 Å². The van der Waals surface area contributed by atoms with E-state index in [0.717, 1.165) is 13.1 Å². The molecule has 21 heavy (non-hydrogen) atoms. The number of nitrogens with one attached hydrogen (secondary N) is 2. The maximum absolute atomic E-state index is 11.8. The lowest BCUT2D eigenvalue weighted by molar-refractivity contribution is 0.0472. The molecule has 1 aliphatic rings. The second-order valence-electron chi connectivity index (χ2n) is 7.41. The van der Waals surface area contributed by atoms with E-state index in [1.54, 1.807) is 6.92 Å². The quantitative estimate of drug-likeness (QED) is 0.701. The van der Waals surface area contributed by atoms with Crippen LogP contribution in [0.1, 0.15) is 47.5 Å². The van der Waals surface area contributed by atoms with Crippen LogP contribution in [-0.4, -0.2) is 53.9 Å². The molecular formula is C16H33N3O2. The van der Waals surface area contributed by atoms with Crippen LogP contribution in [0, 0.1) is 11.8 Å². The lowest BCUT2D eigenvalue weighted by atomic mass is 9.88. The van der Waals surface area contributed by atoms with Gasteiger partial charge in [0.15, 0.2) is 0 Å². The minimum atomic E-state index is -0.377. The second-order valence-corrected chi connectivity index (χ2v) is 7.41. The zero-order valence-electron chi connectivity index (χ0n) is 14.3. The summed E-state index contributed by atoms with van der Waals surface area (Å²) in [5, 5.41) is 14.9. The van der Waals surface area contributed by atoms with Crippen LogP contribution < -0.4 is 10.6 Å². The molecule has 1 aliphatic heterocycles. The minimum Gasteiger partial charge on any atom is -0.393 e. The van der Waals surface area contributed by atoms with Crippen molar-refractivity contribution in [1.29, 1.82) is 0 Å². The summed E-state index contributed by atoms with van der Waals surface area (Å²) < 4.78 is 0. The molecule has 0 radical (unpaired) electrons. The number of aliphatic hydroxyl groups is 1. The number of hydrogen-bond acceptors (Lipinski definition) is 3. The zero-order chi connectivity index (χ0) is 16.0. The summed E-state index contributed by atoms with van der Waals surface area (Å²) >= 11 is 0. The Labute approximate surface area is 129 Å². The van der Waals surface area contributed by atoms with Gasteiger partial charge in [0, 0.05) is 31.7 Å². The summed E-state index contributed by atoms with van der Waals surface area (Å²) in [6, 6.07) is -0.151. The van der Waals surface area contributed by atoms with Crippen LogP contribution in [0.15, 0.2) is 0 Å². The van der Waals surface area contributed by atoms with Gasteiger partial charge in [0.2, 0.25) is 0 Å². The predicted octanol–water partition coefficient (Wildman–Crippen LogP) is 1.81. The third-order valence-electron chi connectivity index (χ3n) is 4.25. The fraction of sp³-hybridized carbons (Fsp3) is 0.938. The van der Waals surface area contributed by atoms with Crippen molar-refractivity contribution in [2.45, 2.75) is 59.1 Å². The fourth-order valence-electron chi connectivity index (χ4n) is 3.02. The first-order valence-corrected chi connectivity index (χ1v) is 8.15. The summed E-state index contributed by atoms with van der Waals surface area (Å²) in [5.41, 5.74) is -0.0372. The van der Waals surface area contributed by atoms with Gasteiger partial charge in [0.1, 0.15) is 0 Å². The minimum absolute atomic E-state index is 0.0372. The van der Waals surface area contributed by atoms with E-state index >= 15 is 0 Å². The van der Waals surface area contributed by atoms with E-state index in [4.69, 9.17) is 5.11 Å². The van der Waals surface area contributed by atoms with Gasteiger partial charge in [0.25, 0.3) is 0 Å². The van der Waals surface area contributed by atoms with Crippen LogP contribution in [0.3, 0.4) is 0 Å². The first-order valence-electron chi connectivity index (χ1n) is 8.15. The van der Waals surface area contributed by atoms with Crippen LogP contribution in [0.4, 0.5) is 4.79 Å². The molecule has 0 aromatic carbocycles. The van der Waals surface area contributed by atoms with Crippen molar-refractivity contribution in [3.8, 4) is 0 Å². The van der Waals surface area contributed by atoms with Gasteiger partial charge in [0.05, 0.1) is 6.10 Å². The maximum Gasteiger partial charge on any atom is 0.314 e. The molecule has 3 atom stereocenters. The van der Waals surface area contributed by atoms with E-state index in [1.807, 2.05) is 0 Å². The number of rotatable bonds is 6. The Balaban J connectivity index is 2.36. The number of likely N-dealkylation sites (tertiary alicyclic amines) is 1. The lowest BCUT2D eigenvalue weighted by Gasteiger charge is -2.45. The maximum atomic E-state index is 11.8. The molecule has 0 aromatic rings. The Morgan fingerprint density at radius 2 is 1.86 bits per heavy atom.